The predicted octanol–water partition coefficient (Wildman–Crippen LogP) is 2.10. The summed E-state index contributed by atoms with van der Waals surface area (Å²) < 4.78 is 0. The number of halogens is 1. The Morgan fingerprint density at radius 2 is 2.00 bits per heavy atom. The van der Waals surface area contributed by atoms with Crippen LogP contribution < -0.4 is 5.73 Å². The van der Waals surface area contributed by atoms with Gasteiger partial charge in [0.25, 0.3) is 0 Å². The molecule has 0 spiro atoms. The minimum absolute atomic E-state index is 0.372. The van der Waals surface area contributed by atoms with E-state index in [0.717, 1.165) is 0 Å². The topological polar surface area (TPSA) is 46.2 Å². The van der Waals surface area contributed by atoms with Crippen LogP contribution in [0.2, 0.25) is 5.02 Å². The summed E-state index contributed by atoms with van der Waals surface area (Å²) in [7, 11) is 0. The van der Waals surface area contributed by atoms with Gasteiger partial charge in [0.15, 0.2) is 0 Å². The van der Waals surface area contributed by atoms with E-state index >= 15 is 0 Å². The standard InChI is InChI=1S/C11H15ClNO/c1-3-10(13)11(2,14)8-4-6-9(12)7-5-8/h4-7,10,14H,2-3,13H2,1H3. The van der Waals surface area contributed by atoms with Gasteiger partial charge in [-0.25, -0.2) is 0 Å². The van der Waals surface area contributed by atoms with Crippen molar-refractivity contribution in [1.29, 1.82) is 0 Å². The van der Waals surface area contributed by atoms with Crippen molar-refractivity contribution in [3.8, 4) is 0 Å². The Kier molecular flexibility index (Phi) is 3.53. The lowest BCUT2D eigenvalue weighted by atomic mass is 9.87. The lowest BCUT2D eigenvalue weighted by molar-refractivity contribution is 0.0555. The van der Waals surface area contributed by atoms with Crippen molar-refractivity contribution in [3.05, 3.63) is 41.8 Å². The molecule has 2 atom stereocenters. The zero-order chi connectivity index (χ0) is 10.8. The second-order valence-electron chi connectivity index (χ2n) is 3.45. The van der Waals surface area contributed by atoms with Crippen LogP contribution in [0.3, 0.4) is 0 Å². The number of nitrogens with two attached hydrogens (primary N) is 1. The Labute approximate surface area is 89.7 Å². The molecule has 3 heteroatoms. The molecule has 2 unspecified atom stereocenters. The summed E-state index contributed by atoms with van der Waals surface area (Å²) in [6, 6.07) is 6.55. The number of benzene rings is 1. The molecule has 0 saturated heterocycles. The van der Waals surface area contributed by atoms with Gasteiger partial charge in [0.05, 0.1) is 0 Å². The maximum absolute atomic E-state index is 10.1. The molecule has 1 aromatic rings. The summed E-state index contributed by atoms with van der Waals surface area (Å²) >= 11 is 5.74. The van der Waals surface area contributed by atoms with Crippen LogP contribution in [0.4, 0.5) is 0 Å². The molecule has 0 aromatic heterocycles. The Bertz CT molecular complexity index is 295. The van der Waals surface area contributed by atoms with Gasteiger partial charge < -0.3 is 10.8 Å². The largest absolute Gasteiger partial charge is 0.384 e. The zero-order valence-corrected chi connectivity index (χ0v) is 8.96. The van der Waals surface area contributed by atoms with Gasteiger partial charge in [-0.2, -0.15) is 0 Å². The predicted molar refractivity (Wildman–Crippen MR) is 59.0 cm³/mol. The molecule has 0 fully saturated rings. The average molecular weight is 213 g/mol. The fourth-order valence-corrected chi connectivity index (χ4v) is 1.42. The molecule has 0 amide bonds. The zero-order valence-electron chi connectivity index (χ0n) is 8.20. The first kappa shape index (κ1) is 11.5. The molecule has 3 N–H and O–H groups in total. The smallest absolute Gasteiger partial charge is 0.105 e. The Hall–Kier alpha value is -0.570. The molecule has 0 aliphatic heterocycles. The van der Waals surface area contributed by atoms with Crippen LogP contribution >= 0.6 is 11.6 Å². The third-order valence-electron chi connectivity index (χ3n) is 2.40. The van der Waals surface area contributed by atoms with E-state index in [0.29, 0.717) is 17.0 Å². The lowest BCUT2D eigenvalue weighted by Crippen LogP contribution is -2.42. The number of aliphatic hydroxyl groups is 1. The minimum atomic E-state index is -1.24. The lowest BCUT2D eigenvalue weighted by Gasteiger charge is -2.29. The van der Waals surface area contributed by atoms with Gasteiger partial charge in [-0.05, 0) is 31.0 Å². The molecule has 0 bridgehead atoms. The van der Waals surface area contributed by atoms with E-state index in [2.05, 4.69) is 6.92 Å². The first-order chi connectivity index (χ1) is 6.48. The Balaban J connectivity index is 2.97. The molecule has 1 radical (unpaired) electrons. The van der Waals surface area contributed by atoms with Gasteiger partial charge in [0.1, 0.15) is 5.60 Å². The van der Waals surface area contributed by atoms with Crippen molar-refractivity contribution in [3.63, 3.8) is 0 Å². The van der Waals surface area contributed by atoms with Gasteiger partial charge in [0, 0.05) is 11.1 Å². The summed E-state index contributed by atoms with van der Waals surface area (Å²) in [4.78, 5) is 0. The van der Waals surface area contributed by atoms with Crippen LogP contribution in [0.25, 0.3) is 0 Å². The SMILES string of the molecule is [CH2]C(O)(c1ccc(Cl)cc1)C(N)CC. The summed E-state index contributed by atoms with van der Waals surface area (Å²) in [6.07, 6.45) is 0.669. The van der Waals surface area contributed by atoms with Crippen molar-refractivity contribution in [2.45, 2.75) is 25.0 Å². The highest BCUT2D eigenvalue weighted by atomic mass is 35.5. The monoisotopic (exact) mass is 212 g/mol. The molecule has 14 heavy (non-hydrogen) atoms. The maximum Gasteiger partial charge on any atom is 0.105 e. The van der Waals surface area contributed by atoms with Crippen LogP contribution in [-0.4, -0.2) is 11.1 Å². The van der Waals surface area contributed by atoms with Crippen LogP contribution in [0.1, 0.15) is 18.9 Å². The summed E-state index contributed by atoms with van der Waals surface area (Å²) in [5.41, 5.74) is 5.23. The van der Waals surface area contributed by atoms with Crippen LogP contribution in [0, 0.1) is 6.92 Å². The molecule has 2 nitrogen and oxygen atoms in total. The third kappa shape index (κ3) is 2.27. The summed E-state index contributed by atoms with van der Waals surface area (Å²) in [6.45, 7) is 5.64. The van der Waals surface area contributed by atoms with Gasteiger partial charge in [-0.15, -0.1) is 0 Å². The van der Waals surface area contributed by atoms with Crippen LogP contribution in [-0.2, 0) is 5.60 Å². The van der Waals surface area contributed by atoms with Crippen molar-refractivity contribution < 1.29 is 5.11 Å². The second kappa shape index (κ2) is 4.30. The van der Waals surface area contributed by atoms with E-state index in [4.69, 9.17) is 17.3 Å². The summed E-state index contributed by atoms with van der Waals surface area (Å²) in [5, 5.41) is 10.7. The molecule has 0 aliphatic rings. The van der Waals surface area contributed by atoms with Gasteiger partial charge in [-0.1, -0.05) is 30.7 Å². The van der Waals surface area contributed by atoms with E-state index in [1.165, 1.54) is 0 Å². The quantitative estimate of drug-likeness (QED) is 0.806. The summed E-state index contributed by atoms with van der Waals surface area (Å²) in [5.74, 6) is 0. The van der Waals surface area contributed by atoms with E-state index in [-0.39, 0.29) is 6.04 Å². The number of rotatable bonds is 3. The molecule has 0 aliphatic carbocycles. The van der Waals surface area contributed by atoms with Crippen LogP contribution in [0.15, 0.2) is 24.3 Å². The molecular weight excluding hydrogens is 198 g/mol. The molecule has 77 valence electrons. The molecule has 0 saturated carbocycles. The first-order valence-electron chi connectivity index (χ1n) is 4.57. The van der Waals surface area contributed by atoms with Crippen molar-refractivity contribution in [1.82, 2.24) is 0 Å². The molecule has 1 rings (SSSR count). The van der Waals surface area contributed by atoms with E-state index < -0.39 is 5.60 Å². The highest BCUT2D eigenvalue weighted by Crippen LogP contribution is 2.25. The van der Waals surface area contributed by atoms with E-state index in [9.17, 15) is 5.11 Å². The fourth-order valence-electron chi connectivity index (χ4n) is 1.29. The molecule has 0 heterocycles. The molecule has 1 aromatic carbocycles. The third-order valence-corrected chi connectivity index (χ3v) is 2.65. The first-order valence-corrected chi connectivity index (χ1v) is 4.95. The highest BCUT2D eigenvalue weighted by Gasteiger charge is 2.29. The maximum atomic E-state index is 10.1. The Morgan fingerprint density at radius 1 is 1.50 bits per heavy atom. The Morgan fingerprint density at radius 3 is 2.43 bits per heavy atom. The average Bonchev–Trinajstić information content (AvgIpc) is 2.17. The van der Waals surface area contributed by atoms with Gasteiger partial charge in [0.2, 0.25) is 0 Å². The normalized spacial score (nSPS) is 17.5. The van der Waals surface area contributed by atoms with Crippen LogP contribution in [0.5, 0.6) is 0 Å². The van der Waals surface area contributed by atoms with E-state index in [1.54, 1.807) is 24.3 Å². The molecular formula is C11H15ClNO. The second-order valence-corrected chi connectivity index (χ2v) is 3.88. The highest BCUT2D eigenvalue weighted by molar-refractivity contribution is 6.30. The van der Waals surface area contributed by atoms with Crippen molar-refractivity contribution in [2.75, 3.05) is 0 Å². The van der Waals surface area contributed by atoms with Gasteiger partial charge >= 0.3 is 0 Å². The number of hydrogen-bond donors (Lipinski definition) is 2. The van der Waals surface area contributed by atoms with Crippen molar-refractivity contribution in [2.24, 2.45) is 5.73 Å². The van der Waals surface area contributed by atoms with E-state index in [1.807, 2.05) is 6.92 Å². The fraction of sp³-hybridized carbons (Fsp3) is 0.364. The van der Waals surface area contributed by atoms with Crippen molar-refractivity contribution >= 4 is 11.6 Å². The number of hydrogen-bond acceptors (Lipinski definition) is 2. The van der Waals surface area contributed by atoms with Gasteiger partial charge in [-0.3, -0.25) is 0 Å². The minimum Gasteiger partial charge on any atom is -0.384 e.